The van der Waals surface area contributed by atoms with Crippen LogP contribution in [-0.2, 0) is 0 Å². The number of benzene rings is 1. The van der Waals surface area contributed by atoms with Gasteiger partial charge in [-0.3, -0.25) is 14.9 Å². The van der Waals surface area contributed by atoms with Crippen LogP contribution in [0.2, 0.25) is 0 Å². The molecule has 0 radical (unpaired) electrons. The van der Waals surface area contributed by atoms with Crippen LogP contribution in [0.4, 0.5) is 5.69 Å². The van der Waals surface area contributed by atoms with Crippen LogP contribution in [0.5, 0.6) is 0 Å². The first-order valence-corrected chi connectivity index (χ1v) is 6.52. The van der Waals surface area contributed by atoms with Gasteiger partial charge in [0.05, 0.1) is 4.92 Å². The van der Waals surface area contributed by atoms with Crippen molar-refractivity contribution in [3.8, 4) is 0 Å². The number of rotatable bonds is 6. The fourth-order valence-corrected chi connectivity index (χ4v) is 1.92. The summed E-state index contributed by atoms with van der Waals surface area (Å²) in [6.45, 7) is 6.46. The molecule has 0 fully saturated rings. The van der Waals surface area contributed by atoms with E-state index in [0.717, 1.165) is 12.8 Å². The van der Waals surface area contributed by atoms with E-state index in [1.807, 2.05) is 0 Å². The molecule has 104 valence electrons. The van der Waals surface area contributed by atoms with Crippen molar-refractivity contribution in [2.24, 2.45) is 5.92 Å². The van der Waals surface area contributed by atoms with Crippen molar-refractivity contribution < 1.29 is 9.72 Å². The number of amides is 1. The van der Waals surface area contributed by atoms with E-state index in [2.05, 4.69) is 19.2 Å². The molecule has 0 aromatic heterocycles. The minimum absolute atomic E-state index is 0.0385. The number of nitro benzene ring substituents is 1. The first-order chi connectivity index (χ1) is 8.99. The predicted molar refractivity (Wildman–Crippen MR) is 74.2 cm³/mol. The molecule has 0 atom stereocenters. The zero-order chi connectivity index (χ0) is 14.4. The molecule has 5 nitrogen and oxygen atoms in total. The molecule has 0 saturated carbocycles. The second kappa shape index (κ2) is 6.87. The smallest absolute Gasteiger partial charge is 0.272 e. The van der Waals surface area contributed by atoms with Gasteiger partial charge in [0.1, 0.15) is 0 Å². The summed E-state index contributed by atoms with van der Waals surface area (Å²) in [4.78, 5) is 22.2. The van der Waals surface area contributed by atoms with E-state index in [1.54, 1.807) is 13.0 Å². The van der Waals surface area contributed by atoms with E-state index >= 15 is 0 Å². The molecule has 1 rings (SSSR count). The fourth-order valence-electron chi connectivity index (χ4n) is 1.92. The minimum Gasteiger partial charge on any atom is -0.352 e. The van der Waals surface area contributed by atoms with Crippen LogP contribution in [0.3, 0.4) is 0 Å². The monoisotopic (exact) mass is 264 g/mol. The lowest BCUT2D eigenvalue weighted by atomic mass is 10.0. The summed E-state index contributed by atoms with van der Waals surface area (Å²) in [7, 11) is 0. The molecule has 1 aromatic rings. The number of nitro groups is 1. The highest BCUT2D eigenvalue weighted by atomic mass is 16.6. The van der Waals surface area contributed by atoms with Crippen molar-refractivity contribution in [1.29, 1.82) is 0 Å². The van der Waals surface area contributed by atoms with Crippen molar-refractivity contribution >= 4 is 11.6 Å². The van der Waals surface area contributed by atoms with Crippen molar-refractivity contribution in [2.45, 2.75) is 33.6 Å². The third-order valence-corrected chi connectivity index (χ3v) is 3.36. The van der Waals surface area contributed by atoms with Gasteiger partial charge in [-0.1, -0.05) is 26.7 Å². The average Bonchev–Trinajstić information content (AvgIpc) is 2.39. The molecule has 0 spiro atoms. The molecule has 0 saturated heterocycles. The highest BCUT2D eigenvalue weighted by Crippen LogP contribution is 2.18. The largest absolute Gasteiger partial charge is 0.352 e. The molecular formula is C14H20N2O3. The van der Waals surface area contributed by atoms with E-state index in [1.165, 1.54) is 12.1 Å². The van der Waals surface area contributed by atoms with Gasteiger partial charge in [-0.25, -0.2) is 0 Å². The van der Waals surface area contributed by atoms with Gasteiger partial charge < -0.3 is 5.32 Å². The third-order valence-electron chi connectivity index (χ3n) is 3.36. The quantitative estimate of drug-likeness (QED) is 0.634. The number of hydrogen-bond acceptors (Lipinski definition) is 3. The highest BCUT2D eigenvalue weighted by molar-refractivity contribution is 5.94. The zero-order valence-corrected chi connectivity index (χ0v) is 11.6. The van der Waals surface area contributed by atoms with Crippen molar-refractivity contribution in [3.05, 3.63) is 39.4 Å². The van der Waals surface area contributed by atoms with Crippen LogP contribution in [0.25, 0.3) is 0 Å². The van der Waals surface area contributed by atoms with Crippen LogP contribution in [0.1, 0.15) is 42.6 Å². The van der Waals surface area contributed by atoms with Gasteiger partial charge >= 0.3 is 0 Å². The van der Waals surface area contributed by atoms with Crippen molar-refractivity contribution in [2.75, 3.05) is 6.54 Å². The minimum atomic E-state index is -0.443. The molecule has 19 heavy (non-hydrogen) atoms. The summed E-state index contributed by atoms with van der Waals surface area (Å²) < 4.78 is 0. The Morgan fingerprint density at radius 1 is 1.37 bits per heavy atom. The topological polar surface area (TPSA) is 72.2 Å². The van der Waals surface area contributed by atoms with Gasteiger partial charge in [0.2, 0.25) is 0 Å². The summed E-state index contributed by atoms with van der Waals surface area (Å²) >= 11 is 0. The van der Waals surface area contributed by atoms with Gasteiger partial charge in [-0.15, -0.1) is 0 Å². The third kappa shape index (κ3) is 4.05. The molecular weight excluding hydrogens is 244 g/mol. The fraction of sp³-hybridized carbons (Fsp3) is 0.500. The summed E-state index contributed by atoms with van der Waals surface area (Å²) in [6.07, 6.45) is 2.05. The lowest BCUT2D eigenvalue weighted by molar-refractivity contribution is -0.385. The number of aryl methyl sites for hydroxylation is 1. The van der Waals surface area contributed by atoms with Gasteiger partial charge in [0, 0.05) is 23.7 Å². The maximum Gasteiger partial charge on any atom is 0.272 e. The average molecular weight is 264 g/mol. The van der Waals surface area contributed by atoms with Crippen molar-refractivity contribution in [1.82, 2.24) is 5.32 Å². The number of nitrogens with one attached hydrogen (secondary N) is 1. The predicted octanol–water partition coefficient (Wildman–Crippen LogP) is 3.07. The molecule has 5 heteroatoms. The zero-order valence-electron chi connectivity index (χ0n) is 11.6. The lowest BCUT2D eigenvalue weighted by Gasteiger charge is -2.13. The van der Waals surface area contributed by atoms with Crippen LogP contribution in [-0.4, -0.2) is 17.4 Å². The van der Waals surface area contributed by atoms with Crippen LogP contribution < -0.4 is 5.32 Å². The number of nitrogens with zero attached hydrogens (tertiary/aromatic N) is 1. The summed E-state index contributed by atoms with van der Waals surface area (Å²) in [6, 6.07) is 4.43. The van der Waals surface area contributed by atoms with E-state index < -0.39 is 4.92 Å². The molecule has 0 unspecified atom stereocenters. The molecule has 0 heterocycles. The Morgan fingerprint density at radius 2 is 2.00 bits per heavy atom. The Kier molecular flexibility index (Phi) is 5.48. The number of hydrogen-bond donors (Lipinski definition) is 1. The summed E-state index contributed by atoms with van der Waals surface area (Å²) in [5.74, 6) is 0.299. The van der Waals surface area contributed by atoms with E-state index in [9.17, 15) is 14.9 Å². The van der Waals surface area contributed by atoms with Crippen LogP contribution in [0.15, 0.2) is 18.2 Å². The molecule has 1 aromatic carbocycles. The van der Waals surface area contributed by atoms with Crippen LogP contribution in [0, 0.1) is 23.0 Å². The Morgan fingerprint density at radius 3 is 2.47 bits per heavy atom. The van der Waals surface area contributed by atoms with Gasteiger partial charge in [-0.05, 0) is 25.0 Å². The highest BCUT2D eigenvalue weighted by Gasteiger charge is 2.14. The number of carbonyl (C=O) groups is 1. The first kappa shape index (κ1) is 15.1. The SMILES string of the molecule is CCC(CC)CNC(=O)c1ccc([N+](=O)[O-])c(C)c1. The molecule has 0 aliphatic rings. The standard InChI is InChI=1S/C14H20N2O3/c1-4-11(5-2)9-15-14(17)12-6-7-13(16(18)19)10(3)8-12/h6-8,11H,4-5,9H2,1-3H3,(H,15,17). The Bertz CT molecular complexity index is 468. The van der Waals surface area contributed by atoms with Crippen LogP contribution >= 0.6 is 0 Å². The molecule has 0 aliphatic heterocycles. The lowest BCUT2D eigenvalue weighted by Crippen LogP contribution is -2.28. The maximum atomic E-state index is 11.9. The Labute approximate surface area is 113 Å². The summed E-state index contributed by atoms with van der Waals surface area (Å²) in [5, 5.41) is 13.6. The van der Waals surface area contributed by atoms with Crippen molar-refractivity contribution in [3.63, 3.8) is 0 Å². The van der Waals surface area contributed by atoms with Gasteiger partial charge in [-0.2, -0.15) is 0 Å². The second-order valence-corrected chi connectivity index (χ2v) is 4.65. The molecule has 1 amide bonds. The second-order valence-electron chi connectivity index (χ2n) is 4.65. The normalized spacial score (nSPS) is 10.5. The Balaban J connectivity index is 2.73. The summed E-state index contributed by atoms with van der Waals surface area (Å²) in [5.41, 5.74) is 1.01. The molecule has 0 aliphatic carbocycles. The van der Waals surface area contributed by atoms with E-state index in [-0.39, 0.29) is 11.6 Å². The Hall–Kier alpha value is -1.91. The molecule has 0 bridgehead atoms. The first-order valence-electron chi connectivity index (χ1n) is 6.52. The molecule has 1 N–H and O–H groups in total. The van der Waals surface area contributed by atoms with Gasteiger partial charge in [0.25, 0.3) is 11.6 Å². The van der Waals surface area contributed by atoms with E-state index in [0.29, 0.717) is 23.6 Å². The number of carbonyl (C=O) groups excluding carboxylic acids is 1. The maximum absolute atomic E-state index is 11.9. The van der Waals surface area contributed by atoms with Gasteiger partial charge in [0.15, 0.2) is 0 Å². The van der Waals surface area contributed by atoms with E-state index in [4.69, 9.17) is 0 Å².